The Labute approximate surface area is 114 Å². The van der Waals surface area contributed by atoms with Crippen molar-refractivity contribution in [1.29, 1.82) is 0 Å². The molecule has 1 N–H and O–H groups in total. The van der Waals surface area contributed by atoms with Crippen LogP contribution >= 0.6 is 11.3 Å². The third-order valence-electron chi connectivity index (χ3n) is 4.44. The standard InChI is InChI=1S/C15H23NOS/c1-2-16-15(11-6-8-17-10-11)13-4-3-5-14-12(13)7-9-18-14/h7,9,11,13,15-16H,2-6,8,10H2,1H3. The van der Waals surface area contributed by atoms with Crippen LogP contribution in [0.2, 0.25) is 0 Å². The van der Waals surface area contributed by atoms with Crippen molar-refractivity contribution in [3.63, 3.8) is 0 Å². The van der Waals surface area contributed by atoms with Gasteiger partial charge in [-0.25, -0.2) is 0 Å². The predicted molar refractivity (Wildman–Crippen MR) is 76.4 cm³/mol. The third kappa shape index (κ3) is 2.36. The smallest absolute Gasteiger partial charge is 0.0510 e. The Morgan fingerprint density at radius 3 is 3.22 bits per heavy atom. The first-order chi connectivity index (χ1) is 8.90. The zero-order valence-electron chi connectivity index (χ0n) is 11.2. The van der Waals surface area contributed by atoms with E-state index in [1.165, 1.54) is 25.7 Å². The Balaban J connectivity index is 1.82. The highest BCUT2D eigenvalue weighted by atomic mass is 32.1. The summed E-state index contributed by atoms with van der Waals surface area (Å²) in [6, 6.07) is 2.98. The molecule has 18 heavy (non-hydrogen) atoms. The van der Waals surface area contributed by atoms with E-state index >= 15 is 0 Å². The molecule has 3 unspecified atom stereocenters. The molecule has 0 radical (unpaired) electrons. The first-order valence-electron chi connectivity index (χ1n) is 7.27. The SMILES string of the molecule is CCNC(C1CCOC1)C1CCCc2sccc21. The summed E-state index contributed by atoms with van der Waals surface area (Å²) < 4.78 is 5.61. The highest BCUT2D eigenvalue weighted by Gasteiger charge is 2.34. The zero-order chi connectivity index (χ0) is 12.4. The minimum absolute atomic E-state index is 0.617. The molecule has 0 aromatic carbocycles. The molecule has 2 aliphatic rings. The molecule has 1 saturated heterocycles. The molecule has 0 amide bonds. The molecule has 0 saturated carbocycles. The van der Waals surface area contributed by atoms with Crippen LogP contribution in [-0.4, -0.2) is 25.8 Å². The normalized spacial score (nSPS) is 29.2. The van der Waals surface area contributed by atoms with Gasteiger partial charge in [0.1, 0.15) is 0 Å². The van der Waals surface area contributed by atoms with Gasteiger partial charge in [0.2, 0.25) is 0 Å². The summed E-state index contributed by atoms with van der Waals surface area (Å²) >= 11 is 1.95. The number of likely N-dealkylation sites (N-methyl/N-ethyl adjacent to an activating group) is 1. The average Bonchev–Trinajstić information content (AvgIpc) is 3.06. The van der Waals surface area contributed by atoms with Gasteiger partial charge in [0.25, 0.3) is 0 Å². The van der Waals surface area contributed by atoms with Gasteiger partial charge < -0.3 is 10.1 Å². The molecule has 3 rings (SSSR count). The zero-order valence-corrected chi connectivity index (χ0v) is 12.0. The van der Waals surface area contributed by atoms with E-state index in [1.54, 1.807) is 10.4 Å². The van der Waals surface area contributed by atoms with Crippen LogP contribution in [0.5, 0.6) is 0 Å². The molecule has 0 spiro atoms. The number of hydrogen-bond acceptors (Lipinski definition) is 3. The van der Waals surface area contributed by atoms with E-state index in [2.05, 4.69) is 23.7 Å². The molecule has 1 aliphatic heterocycles. The van der Waals surface area contributed by atoms with E-state index in [9.17, 15) is 0 Å². The molecule has 2 heterocycles. The molecule has 3 atom stereocenters. The summed E-state index contributed by atoms with van der Waals surface area (Å²) in [6.45, 7) is 5.20. The second kappa shape index (κ2) is 5.72. The monoisotopic (exact) mass is 265 g/mol. The van der Waals surface area contributed by atoms with Gasteiger partial charge in [0.15, 0.2) is 0 Å². The van der Waals surface area contributed by atoms with Crippen LogP contribution in [0.4, 0.5) is 0 Å². The van der Waals surface area contributed by atoms with Crippen molar-refractivity contribution in [2.45, 2.75) is 44.6 Å². The summed E-state index contributed by atoms with van der Waals surface area (Å²) in [6.07, 6.45) is 5.22. The number of fused-ring (bicyclic) bond motifs is 1. The topological polar surface area (TPSA) is 21.3 Å². The predicted octanol–water partition coefficient (Wildman–Crippen LogP) is 3.18. The van der Waals surface area contributed by atoms with E-state index in [1.807, 2.05) is 11.3 Å². The number of rotatable bonds is 4. The second-order valence-corrected chi connectivity index (χ2v) is 6.51. The lowest BCUT2D eigenvalue weighted by Crippen LogP contribution is -2.42. The van der Waals surface area contributed by atoms with E-state index in [0.29, 0.717) is 17.9 Å². The van der Waals surface area contributed by atoms with E-state index < -0.39 is 0 Å². The number of thiophene rings is 1. The fourth-order valence-corrected chi connectivity index (χ4v) is 4.60. The van der Waals surface area contributed by atoms with Gasteiger partial charge in [-0.1, -0.05) is 6.92 Å². The van der Waals surface area contributed by atoms with Gasteiger partial charge in [-0.15, -0.1) is 11.3 Å². The van der Waals surface area contributed by atoms with Crippen molar-refractivity contribution in [1.82, 2.24) is 5.32 Å². The van der Waals surface area contributed by atoms with E-state index in [4.69, 9.17) is 4.74 Å². The van der Waals surface area contributed by atoms with Crippen LogP contribution < -0.4 is 5.32 Å². The molecule has 3 heteroatoms. The van der Waals surface area contributed by atoms with Gasteiger partial charge in [0.05, 0.1) is 6.61 Å². The van der Waals surface area contributed by atoms with Gasteiger partial charge in [-0.05, 0) is 49.2 Å². The maximum atomic E-state index is 5.61. The van der Waals surface area contributed by atoms with Crippen LogP contribution in [0, 0.1) is 5.92 Å². The number of aryl methyl sites for hydroxylation is 1. The molecular formula is C15H23NOS. The van der Waals surface area contributed by atoms with E-state index in [0.717, 1.165) is 19.8 Å². The average molecular weight is 265 g/mol. The first kappa shape index (κ1) is 12.6. The van der Waals surface area contributed by atoms with Crippen LogP contribution in [0.25, 0.3) is 0 Å². The molecule has 1 aromatic rings. The number of ether oxygens (including phenoxy) is 1. The first-order valence-corrected chi connectivity index (χ1v) is 8.15. The van der Waals surface area contributed by atoms with E-state index in [-0.39, 0.29) is 0 Å². The van der Waals surface area contributed by atoms with Crippen molar-refractivity contribution >= 4 is 11.3 Å². The third-order valence-corrected chi connectivity index (χ3v) is 5.44. The van der Waals surface area contributed by atoms with Crippen molar-refractivity contribution in [2.24, 2.45) is 5.92 Å². The lowest BCUT2D eigenvalue weighted by Gasteiger charge is -2.34. The summed E-state index contributed by atoms with van der Waals surface area (Å²) in [5, 5.41) is 6.02. The lowest BCUT2D eigenvalue weighted by atomic mass is 9.77. The van der Waals surface area contributed by atoms with Crippen molar-refractivity contribution in [3.05, 3.63) is 21.9 Å². The number of nitrogens with one attached hydrogen (secondary N) is 1. The quantitative estimate of drug-likeness (QED) is 0.903. The lowest BCUT2D eigenvalue weighted by molar-refractivity contribution is 0.170. The second-order valence-electron chi connectivity index (χ2n) is 5.50. The highest BCUT2D eigenvalue weighted by molar-refractivity contribution is 7.10. The Morgan fingerprint density at radius 2 is 2.44 bits per heavy atom. The Morgan fingerprint density at radius 1 is 1.50 bits per heavy atom. The van der Waals surface area contributed by atoms with Gasteiger partial charge >= 0.3 is 0 Å². The van der Waals surface area contributed by atoms with Crippen molar-refractivity contribution in [2.75, 3.05) is 19.8 Å². The molecule has 0 bridgehead atoms. The summed E-state index contributed by atoms with van der Waals surface area (Å²) in [5.74, 6) is 1.42. The van der Waals surface area contributed by atoms with Crippen LogP contribution in [0.15, 0.2) is 11.4 Å². The Hall–Kier alpha value is -0.380. The fraction of sp³-hybridized carbons (Fsp3) is 0.733. The van der Waals surface area contributed by atoms with Gasteiger partial charge in [-0.2, -0.15) is 0 Å². The Bertz CT molecular complexity index is 384. The number of hydrogen-bond donors (Lipinski definition) is 1. The summed E-state index contributed by atoms with van der Waals surface area (Å²) in [7, 11) is 0. The summed E-state index contributed by atoms with van der Waals surface area (Å²) in [5.41, 5.74) is 1.63. The molecule has 2 nitrogen and oxygen atoms in total. The molecule has 100 valence electrons. The molecule has 1 aliphatic carbocycles. The maximum Gasteiger partial charge on any atom is 0.0510 e. The van der Waals surface area contributed by atoms with Crippen molar-refractivity contribution < 1.29 is 4.74 Å². The fourth-order valence-electron chi connectivity index (χ4n) is 3.60. The molecule has 1 fully saturated rings. The Kier molecular flexibility index (Phi) is 4.02. The van der Waals surface area contributed by atoms with Crippen LogP contribution in [0.1, 0.15) is 42.5 Å². The van der Waals surface area contributed by atoms with Crippen molar-refractivity contribution in [3.8, 4) is 0 Å². The van der Waals surface area contributed by atoms with Gasteiger partial charge in [-0.3, -0.25) is 0 Å². The minimum atomic E-state index is 0.617. The molecular weight excluding hydrogens is 242 g/mol. The van der Waals surface area contributed by atoms with Crippen LogP contribution in [0.3, 0.4) is 0 Å². The van der Waals surface area contributed by atoms with Gasteiger partial charge in [0, 0.05) is 29.4 Å². The summed E-state index contributed by atoms with van der Waals surface area (Å²) in [4.78, 5) is 1.63. The minimum Gasteiger partial charge on any atom is -0.381 e. The maximum absolute atomic E-state index is 5.61. The van der Waals surface area contributed by atoms with Crippen LogP contribution in [-0.2, 0) is 11.2 Å². The highest BCUT2D eigenvalue weighted by Crippen LogP contribution is 2.40. The largest absolute Gasteiger partial charge is 0.381 e. The molecule has 1 aromatic heterocycles.